The second kappa shape index (κ2) is 13.5. The monoisotopic (exact) mass is 634 g/mol. The van der Waals surface area contributed by atoms with Gasteiger partial charge >= 0.3 is 6.16 Å². The van der Waals surface area contributed by atoms with Crippen LogP contribution < -0.4 is 10.2 Å². The number of nitrogens with one attached hydrogen (secondary N) is 1. The van der Waals surface area contributed by atoms with Gasteiger partial charge in [-0.1, -0.05) is 47.1 Å². The molecule has 1 atom stereocenters. The molecule has 3 heterocycles. The molecule has 8 nitrogen and oxygen atoms in total. The molecule has 1 fully saturated rings. The molecule has 1 amide bonds. The Morgan fingerprint density at radius 1 is 1.10 bits per heavy atom. The van der Waals surface area contributed by atoms with Gasteiger partial charge in [-0.15, -0.1) is 0 Å². The van der Waals surface area contributed by atoms with E-state index in [1.54, 1.807) is 18.2 Å². The van der Waals surface area contributed by atoms with Gasteiger partial charge in [0.1, 0.15) is 17.3 Å². The third kappa shape index (κ3) is 6.85. The van der Waals surface area contributed by atoms with Gasteiger partial charge in [0.25, 0.3) is 5.91 Å². The van der Waals surface area contributed by atoms with Crippen molar-refractivity contribution < 1.29 is 28.5 Å². The van der Waals surface area contributed by atoms with Crippen molar-refractivity contribution in [2.24, 2.45) is 0 Å². The molecule has 0 bridgehead atoms. The number of rotatable bonds is 9. The fraction of sp³-hybridized carbons (Fsp3) is 0.310. The maximum absolute atomic E-state index is 13.9. The van der Waals surface area contributed by atoms with Crippen LogP contribution >= 0.6 is 46.3 Å². The van der Waals surface area contributed by atoms with Crippen LogP contribution in [0.2, 0.25) is 10.0 Å². The van der Waals surface area contributed by atoms with E-state index < -0.39 is 17.6 Å². The number of carbonyl (C=O) groups excluding carboxylic acids is 2. The number of ether oxygens (including phenoxy) is 4. The first kappa shape index (κ1) is 29.8. The van der Waals surface area contributed by atoms with Crippen LogP contribution in [0.3, 0.4) is 0 Å². The number of hydrogen-bond donors (Lipinski definition) is 1. The van der Waals surface area contributed by atoms with E-state index in [-0.39, 0.29) is 30.3 Å². The highest BCUT2D eigenvalue weighted by molar-refractivity contribution is 8.04. The molecule has 0 spiro atoms. The molecule has 0 unspecified atom stereocenters. The van der Waals surface area contributed by atoms with Gasteiger partial charge in [0, 0.05) is 42.2 Å². The number of halogens is 2. The van der Waals surface area contributed by atoms with Crippen LogP contribution in [0.1, 0.15) is 17.5 Å². The molecule has 12 heteroatoms. The predicted octanol–water partition coefficient (Wildman–Crippen LogP) is 6.46. The van der Waals surface area contributed by atoms with Crippen LogP contribution in [0.15, 0.2) is 74.9 Å². The Kier molecular flexibility index (Phi) is 9.79. The van der Waals surface area contributed by atoms with E-state index in [0.29, 0.717) is 28.2 Å². The molecule has 41 heavy (non-hydrogen) atoms. The highest BCUT2D eigenvalue weighted by Gasteiger charge is 2.44. The minimum Gasteiger partial charge on any atom is -0.432 e. The molecular weight excluding hydrogens is 607 g/mol. The quantitative estimate of drug-likeness (QED) is 0.212. The van der Waals surface area contributed by atoms with Gasteiger partial charge < -0.3 is 29.2 Å². The standard InChI is InChI=1S/C29H28Cl2N2O6S2/c1-36-13-14-38-28(35)39-24-17-29(20-8-15-40-18-20,19-2-5-22(6-3-19)33-9-11-37-12-10-33)32-27(34)26(24)41-25-16-21(30)4-7-23(25)31/h2-8,15-16,18H,9-14,17H2,1H3,(H,32,34)/t29-/m1/s1. The Bertz CT molecular complexity index is 1410. The largest absolute Gasteiger partial charge is 0.513 e. The summed E-state index contributed by atoms with van der Waals surface area (Å²) in [7, 11) is 1.51. The van der Waals surface area contributed by atoms with Crippen molar-refractivity contribution in [2.75, 3.05) is 51.5 Å². The molecule has 0 radical (unpaired) electrons. The minimum absolute atomic E-state index is 0.0100. The number of hydrogen-bond acceptors (Lipinski definition) is 9. The van der Waals surface area contributed by atoms with E-state index in [9.17, 15) is 9.59 Å². The topological polar surface area (TPSA) is 86.3 Å². The van der Waals surface area contributed by atoms with Crippen molar-refractivity contribution >= 4 is 64.1 Å². The van der Waals surface area contributed by atoms with E-state index >= 15 is 0 Å². The number of thioether (sulfide) groups is 1. The number of anilines is 1. The number of nitrogens with zero attached hydrogens (tertiary/aromatic N) is 1. The van der Waals surface area contributed by atoms with Crippen molar-refractivity contribution in [3.05, 3.63) is 91.1 Å². The Labute approximate surface area is 256 Å². The number of carbonyl (C=O) groups is 2. The van der Waals surface area contributed by atoms with E-state index in [2.05, 4.69) is 10.2 Å². The maximum atomic E-state index is 13.9. The number of thiophene rings is 1. The molecule has 1 aromatic heterocycles. The van der Waals surface area contributed by atoms with E-state index in [1.807, 2.05) is 41.1 Å². The average Bonchev–Trinajstić information content (AvgIpc) is 3.53. The van der Waals surface area contributed by atoms with Gasteiger partial charge in [-0.05, 0) is 58.3 Å². The van der Waals surface area contributed by atoms with Crippen LogP contribution in [0, 0.1) is 0 Å². The van der Waals surface area contributed by atoms with Gasteiger partial charge in [0.2, 0.25) is 0 Å². The zero-order valence-electron chi connectivity index (χ0n) is 22.2. The Morgan fingerprint density at radius 2 is 1.88 bits per heavy atom. The van der Waals surface area contributed by atoms with E-state index in [4.69, 9.17) is 42.1 Å². The molecule has 0 aliphatic carbocycles. The van der Waals surface area contributed by atoms with Crippen LogP contribution in [0.5, 0.6) is 0 Å². The van der Waals surface area contributed by atoms with E-state index in [1.165, 1.54) is 18.4 Å². The fourth-order valence-electron chi connectivity index (χ4n) is 4.73. The number of methoxy groups -OCH3 is 1. The third-order valence-corrected chi connectivity index (χ3v) is 9.32. The summed E-state index contributed by atoms with van der Waals surface area (Å²) < 4.78 is 21.4. The second-order valence-electron chi connectivity index (χ2n) is 9.32. The zero-order chi connectivity index (χ0) is 28.8. The van der Waals surface area contributed by atoms with Crippen molar-refractivity contribution in [1.82, 2.24) is 5.32 Å². The Balaban J connectivity index is 1.54. The summed E-state index contributed by atoms with van der Waals surface area (Å²) in [4.78, 5) is 29.6. The predicted molar refractivity (Wildman–Crippen MR) is 161 cm³/mol. The lowest BCUT2D eigenvalue weighted by molar-refractivity contribution is -0.119. The Hall–Kier alpha value is -2.73. The first-order valence-electron chi connectivity index (χ1n) is 12.9. The van der Waals surface area contributed by atoms with Crippen LogP contribution in [0.4, 0.5) is 10.5 Å². The first-order valence-corrected chi connectivity index (χ1v) is 15.4. The molecule has 1 saturated heterocycles. The third-order valence-electron chi connectivity index (χ3n) is 6.78. The van der Waals surface area contributed by atoms with Gasteiger partial charge in [0.05, 0.1) is 30.4 Å². The molecule has 216 valence electrons. The van der Waals surface area contributed by atoms with Crippen molar-refractivity contribution in [2.45, 2.75) is 16.9 Å². The summed E-state index contributed by atoms with van der Waals surface area (Å²) in [5.41, 5.74) is 1.79. The van der Waals surface area contributed by atoms with Crippen molar-refractivity contribution in [1.29, 1.82) is 0 Å². The number of morpholine rings is 1. The SMILES string of the molecule is COCCOC(=O)OC1=C(Sc2cc(Cl)ccc2Cl)C(=O)N[C@](c2ccc(N3CCOCC3)cc2)(c2ccsc2)C1. The summed E-state index contributed by atoms with van der Waals surface area (Å²) in [5, 5.41) is 8.04. The molecule has 2 aliphatic heterocycles. The summed E-state index contributed by atoms with van der Waals surface area (Å²) >= 11 is 15.2. The fourth-order valence-corrected chi connectivity index (χ4v) is 6.88. The normalized spacial score (nSPS) is 19.2. The lowest BCUT2D eigenvalue weighted by atomic mass is 9.79. The van der Waals surface area contributed by atoms with Gasteiger partial charge in [-0.2, -0.15) is 11.3 Å². The highest BCUT2D eigenvalue weighted by Crippen LogP contribution is 2.46. The van der Waals surface area contributed by atoms with Crippen LogP contribution in [-0.2, 0) is 29.3 Å². The highest BCUT2D eigenvalue weighted by atomic mass is 35.5. The molecule has 0 saturated carbocycles. The lowest BCUT2D eigenvalue weighted by Crippen LogP contribution is -2.50. The Morgan fingerprint density at radius 3 is 2.59 bits per heavy atom. The zero-order valence-corrected chi connectivity index (χ0v) is 25.3. The van der Waals surface area contributed by atoms with Crippen molar-refractivity contribution in [3.63, 3.8) is 0 Å². The molecule has 2 aromatic carbocycles. The van der Waals surface area contributed by atoms with Crippen molar-refractivity contribution in [3.8, 4) is 0 Å². The number of amides is 1. The molecule has 3 aromatic rings. The van der Waals surface area contributed by atoms with Gasteiger partial charge in [0.15, 0.2) is 0 Å². The second-order valence-corrected chi connectivity index (χ2v) is 12.0. The van der Waals surface area contributed by atoms with Gasteiger partial charge in [-0.3, -0.25) is 4.79 Å². The minimum atomic E-state index is -0.995. The summed E-state index contributed by atoms with van der Waals surface area (Å²) in [6.45, 7) is 3.20. The smallest absolute Gasteiger partial charge is 0.432 e. The maximum Gasteiger partial charge on any atom is 0.513 e. The molecule has 5 rings (SSSR count). The van der Waals surface area contributed by atoms with Crippen LogP contribution in [0.25, 0.3) is 0 Å². The van der Waals surface area contributed by atoms with Gasteiger partial charge in [-0.25, -0.2) is 4.79 Å². The molecular formula is C29H28Cl2N2O6S2. The average molecular weight is 636 g/mol. The summed E-state index contributed by atoms with van der Waals surface area (Å²) in [6, 6.07) is 15.0. The summed E-state index contributed by atoms with van der Waals surface area (Å²) in [6.07, 6.45) is -0.768. The first-order chi connectivity index (χ1) is 19.9. The molecule has 2 aliphatic rings. The molecule has 1 N–H and O–H groups in total. The number of benzene rings is 2. The van der Waals surface area contributed by atoms with E-state index in [0.717, 1.165) is 41.7 Å². The lowest BCUT2D eigenvalue weighted by Gasteiger charge is -2.39. The van der Waals surface area contributed by atoms with Crippen LogP contribution in [-0.4, -0.2) is 58.7 Å². The summed E-state index contributed by atoms with van der Waals surface area (Å²) in [5.74, 6) is -0.249.